The number of hydrogen-bond donors (Lipinski definition) is 1. The molecule has 0 aliphatic carbocycles. The molecule has 2 aliphatic rings. The quantitative estimate of drug-likeness (QED) is 0.734. The molecule has 1 atom stereocenters. The Labute approximate surface area is 185 Å². The number of amides is 3. The van der Waals surface area contributed by atoms with Gasteiger partial charge in [0.25, 0.3) is 5.91 Å². The van der Waals surface area contributed by atoms with E-state index in [0.717, 1.165) is 18.5 Å². The second-order valence-corrected chi connectivity index (χ2v) is 8.54. The van der Waals surface area contributed by atoms with E-state index in [2.05, 4.69) is 22.2 Å². The smallest absolute Gasteiger partial charge is 0.256 e. The molecular formula is C21H26N6O3S. The van der Waals surface area contributed by atoms with Gasteiger partial charge in [-0.15, -0.1) is 11.3 Å². The minimum Gasteiger partial charge on any atom is -0.359 e. The predicted molar refractivity (Wildman–Crippen MR) is 118 cm³/mol. The summed E-state index contributed by atoms with van der Waals surface area (Å²) in [6, 6.07) is 1.23. The number of likely N-dealkylation sites (N-methyl/N-ethyl adjacent to an activating group) is 1. The van der Waals surface area contributed by atoms with Gasteiger partial charge in [0, 0.05) is 31.7 Å². The number of carbonyl (C=O) groups is 3. The molecule has 3 amide bonds. The molecule has 1 saturated heterocycles. The first kappa shape index (κ1) is 21.2. The Morgan fingerprint density at radius 1 is 1.29 bits per heavy atom. The highest BCUT2D eigenvalue weighted by atomic mass is 32.1. The van der Waals surface area contributed by atoms with E-state index in [4.69, 9.17) is 0 Å². The van der Waals surface area contributed by atoms with Gasteiger partial charge >= 0.3 is 0 Å². The zero-order valence-corrected chi connectivity index (χ0v) is 18.5. The van der Waals surface area contributed by atoms with Crippen LogP contribution >= 0.6 is 11.3 Å². The van der Waals surface area contributed by atoms with Crippen LogP contribution in [0.5, 0.6) is 0 Å². The number of unbranched alkanes of at least 4 members (excludes halogenated alkanes) is 1. The highest BCUT2D eigenvalue weighted by molar-refractivity contribution is 7.07. The van der Waals surface area contributed by atoms with Crippen molar-refractivity contribution in [2.75, 3.05) is 36.9 Å². The minimum atomic E-state index is -0.465. The fourth-order valence-corrected chi connectivity index (χ4v) is 4.50. The van der Waals surface area contributed by atoms with Crippen LogP contribution in [0.25, 0.3) is 0 Å². The first-order chi connectivity index (χ1) is 15.0. The Kier molecular flexibility index (Phi) is 6.17. The SMILES string of the molecule is CCCCC1C(=O)N(C)CCN1C(=O)c1cnc2c(c1)N(Cc1cscn1)C(=O)CN2. The lowest BCUT2D eigenvalue weighted by Crippen LogP contribution is -2.57. The molecule has 4 rings (SSSR count). The van der Waals surface area contributed by atoms with Crippen LogP contribution in [-0.4, -0.2) is 70.2 Å². The summed E-state index contributed by atoms with van der Waals surface area (Å²) in [7, 11) is 1.77. The van der Waals surface area contributed by atoms with Crippen molar-refractivity contribution in [1.29, 1.82) is 0 Å². The number of pyridine rings is 1. The molecule has 164 valence electrons. The largest absolute Gasteiger partial charge is 0.359 e. The molecule has 0 spiro atoms. The number of piperazine rings is 1. The number of carbonyl (C=O) groups excluding carboxylic acids is 3. The average Bonchev–Trinajstić information content (AvgIpc) is 3.29. The summed E-state index contributed by atoms with van der Waals surface area (Å²) in [6.45, 7) is 3.51. The van der Waals surface area contributed by atoms with E-state index in [1.807, 2.05) is 5.38 Å². The number of nitrogens with one attached hydrogen (secondary N) is 1. The third kappa shape index (κ3) is 4.25. The number of thiazole rings is 1. The Bertz CT molecular complexity index is 979. The van der Waals surface area contributed by atoms with Gasteiger partial charge in [-0.3, -0.25) is 14.4 Å². The number of fused-ring (bicyclic) bond motifs is 1. The van der Waals surface area contributed by atoms with Crippen LogP contribution in [0.15, 0.2) is 23.2 Å². The first-order valence-electron chi connectivity index (χ1n) is 10.5. The lowest BCUT2D eigenvalue weighted by Gasteiger charge is -2.39. The van der Waals surface area contributed by atoms with E-state index < -0.39 is 6.04 Å². The van der Waals surface area contributed by atoms with E-state index >= 15 is 0 Å². The lowest BCUT2D eigenvalue weighted by molar-refractivity contribution is -0.138. The number of nitrogens with zero attached hydrogens (tertiary/aromatic N) is 5. The molecule has 2 aromatic heterocycles. The van der Waals surface area contributed by atoms with Crippen LogP contribution in [0, 0.1) is 0 Å². The van der Waals surface area contributed by atoms with Crippen LogP contribution in [0.2, 0.25) is 0 Å². The first-order valence-corrected chi connectivity index (χ1v) is 11.4. The standard InChI is InChI=1S/C21H26N6O3S/c1-3-4-5-16-21(30)25(2)6-7-26(16)20(29)14-8-17-19(22-9-14)23-10-18(28)27(17)11-15-12-31-13-24-15/h8-9,12-13,16H,3-7,10-11H2,1-2H3,(H,22,23). The van der Waals surface area contributed by atoms with Crippen LogP contribution in [0.1, 0.15) is 42.2 Å². The normalized spacial score (nSPS) is 18.8. The van der Waals surface area contributed by atoms with Crippen molar-refractivity contribution in [3.8, 4) is 0 Å². The van der Waals surface area contributed by atoms with Crippen molar-refractivity contribution in [1.82, 2.24) is 19.8 Å². The van der Waals surface area contributed by atoms with Gasteiger partial charge in [0.2, 0.25) is 11.8 Å². The molecule has 1 fully saturated rings. The van der Waals surface area contributed by atoms with Gasteiger partial charge in [-0.2, -0.15) is 0 Å². The zero-order chi connectivity index (χ0) is 22.0. The number of hydrogen-bond acceptors (Lipinski definition) is 7. The zero-order valence-electron chi connectivity index (χ0n) is 17.7. The molecule has 0 radical (unpaired) electrons. The highest BCUT2D eigenvalue weighted by Crippen LogP contribution is 2.31. The van der Waals surface area contributed by atoms with Crippen LogP contribution in [-0.2, 0) is 16.1 Å². The molecular weight excluding hydrogens is 416 g/mol. The number of aromatic nitrogens is 2. The van der Waals surface area contributed by atoms with Crippen molar-refractivity contribution in [3.05, 3.63) is 34.4 Å². The fraction of sp³-hybridized carbons (Fsp3) is 0.476. The Balaban J connectivity index is 1.62. The van der Waals surface area contributed by atoms with Gasteiger partial charge in [-0.25, -0.2) is 9.97 Å². The van der Waals surface area contributed by atoms with E-state index in [-0.39, 0.29) is 24.3 Å². The topological polar surface area (TPSA) is 98.7 Å². The van der Waals surface area contributed by atoms with Gasteiger partial charge in [0.05, 0.1) is 35.5 Å². The van der Waals surface area contributed by atoms with E-state index in [1.54, 1.807) is 33.3 Å². The summed E-state index contributed by atoms with van der Waals surface area (Å²) in [6.07, 6.45) is 3.98. The summed E-state index contributed by atoms with van der Waals surface area (Å²) in [5.74, 6) is 0.191. The molecule has 1 N–H and O–H groups in total. The van der Waals surface area contributed by atoms with E-state index in [1.165, 1.54) is 17.5 Å². The van der Waals surface area contributed by atoms with Gasteiger partial charge in [0.15, 0.2) is 5.82 Å². The molecule has 10 heteroatoms. The monoisotopic (exact) mass is 442 g/mol. The van der Waals surface area contributed by atoms with Gasteiger partial charge in [-0.05, 0) is 12.5 Å². The Hall–Kier alpha value is -3.01. The van der Waals surface area contributed by atoms with Crippen molar-refractivity contribution >= 4 is 40.6 Å². The molecule has 4 heterocycles. The van der Waals surface area contributed by atoms with E-state index in [9.17, 15) is 14.4 Å². The summed E-state index contributed by atoms with van der Waals surface area (Å²) < 4.78 is 0. The summed E-state index contributed by atoms with van der Waals surface area (Å²) in [5.41, 5.74) is 3.44. The molecule has 1 unspecified atom stereocenters. The van der Waals surface area contributed by atoms with Gasteiger partial charge < -0.3 is 20.0 Å². The lowest BCUT2D eigenvalue weighted by atomic mass is 10.0. The van der Waals surface area contributed by atoms with Crippen LogP contribution in [0.4, 0.5) is 11.5 Å². The van der Waals surface area contributed by atoms with Gasteiger partial charge in [0.1, 0.15) is 6.04 Å². The maximum Gasteiger partial charge on any atom is 0.256 e. The van der Waals surface area contributed by atoms with Crippen molar-refractivity contribution in [3.63, 3.8) is 0 Å². The van der Waals surface area contributed by atoms with Gasteiger partial charge in [-0.1, -0.05) is 19.8 Å². The minimum absolute atomic E-state index is 0.0269. The second kappa shape index (κ2) is 9.01. The van der Waals surface area contributed by atoms with Crippen molar-refractivity contribution in [2.45, 2.75) is 38.8 Å². The summed E-state index contributed by atoms with van der Waals surface area (Å²) in [4.78, 5) is 52.3. The summed E-state index contributed by atoms with van der Waals surface area (Å²) in [5, 5.41) is 4.91. The predicted octanol–water partition coefficient (Wildman–Crippen LogP) is 1.97. The maximum absolute atomic E-state index is 13.4. The molecule has 0 saturated carbocycles. The average molecular weight is 443 g/mol. The highest BCUT2D eigenvalue weighted by Gasteiger charge is 2.36. The molecule has 2 aliphatic heterocycles. The molecule has 0 bridgehead atoms. The number of anilines is 2. The summed E-state index contributed by atoms with van der Waals surface area (Å²) >= 11 is 1.47. The number of rotatable bonds is 6. The van der Waals surface area contributed by atoms with Crippen molar-refractivity contribution in [2.24, 2.45) is 0 Å². The third-order valence-corrected chi connectivity index (χ3v) is 6.36. The van der Waals surface area contributed by atoms with Crippen LogP contribution in [0.3, 0.4) is 0 Å². The maximum atomic E-state index is 13.4. The Morgan fingerprint density at radius 2 is 2.13 bits per heavy atom. The molecule has 9 nitrogen and oxygen atoms in total. The molecule has 31 heavy (non-hydrogen) atoms. The van der Waals surface area contributed by atoms with Crippen molar-refractivity contribution < 1.29 is 14.4 Å². The molecule has 0 aromatic carbocycles. The second-order valence-electron chi connectivity index (χ2n) is 7.82. The Morgan fingerprint density at radius 3 is 2.87 bits per heavy atom. The van der Waals surface area contributed by atoms with E-state index in [0.29, 0.717) is 43.1 Å². The fourth-order valence-electron chi connectivity index (χ4n) is 3.95. The van der Waals surface area contributed by atoms with Crippen LogP contribution < -0.4 is 10.2 Å². The third-order valence-electron chi connectivity index (χ3n) is 5.72. The molecule has 2 aromatic rings.